The van der Waals surface area contributed by atoms with Crippen LogP contribution >= 0.6 is 11.3 Å². The van der Waals surface area contributed by atoms with E-state index in [1.54, 1.807) is 29.5 Å². The average Bonchev–Trinajstić information content (AvgIpc) is 3.33. The summed E-state index contributed by atoms with van der Waals surface area (Å²) in [7, 11) is -3.63. The van der Waals surface area contributed by atoms with Crippen LogP contribution in [0.3, 0.4) is 0 Å². The fourth-order valence-corrected chi connectivity index (χ4v) is 5.97. The van der Waals surface area contributed by atoms with Crippen molar-refractivity contribution in [2.75, 3.05) is 19.7 Å². The summed E-state index contributed by atoms with van der Waals surface area (Å²) in [4.78, 5) is 2.65. The first-order valence-corrected chi connectivity index (χ1v) is 13.5. The van der Waals surface area contributed by atoms with Crippen LogP contribution in [0, 0.1) is 6.92 Å². The predicted octanol–water partition coefficient (Wildman–Crippen LogP) is 4.92. The lowest BCUT2D eigenvalue weighted by Gasteiger charge is -2.35. The number of nitrogens with one attached hydrogen (secondary N) is 1. The van der Waals surface area contributed by atoms with Crippen LogP contribution in [-0.4, -0.2) is 33.0 Å². The van der Waals surface area contributed by atoms with Crippen LogP contribution in [0.25, 0.3) is 0 Å². The number of hydrogen-bond donors (Lipinski definition) is 1. The van der Waals surface area contributed by atoms with Crippen molar-refractivity contribution in [3.63, 3.8) is 0 Å². The molecule has 1 N–H and O–H groups in total. The number of nitrogens with zero attached hydrogens (tertiary/aromatic N) is 1. The highest BCUT2D eigenvalue weighted by atomic mass is 32.2. The van der Waals surface area contributed by atoms with E-state index < -0.39 is 10.0 Å². The number of sulfonamides is 1. The molecule has 5 nitrogen and oxygen atoms in total. The van der Waals surface area contributed by atoms with Crippen molar-refractivity contribution < 1.29 is 13.2 Å². The summed E-state index contributed by atoms with van der Waals surface area (Å²) in [6, 6.07) is 15.6. The lowest BCUT2D eigenvalue weighted by Crippen LogP contribution is -2.40. The van der Waals surface area contributed by atoms with Crippen molar-refractivity contribution in [3.8, 4) is 5.75 Å². The van der Waals surface area contributed by atoms with Gasteiger partial charge in [0.05, 0.1) is 11.5 Å². The Morgan fingerprint density at radius 2 is 1.97 bits per heavy atom. The summed E-state index contributed by atoms with van der Waals surface area (Å²) in [5, 5.41) is 4.16. The van der Waals surface area contributed by atoms with E-state index >= 15 is 0 Å². The standard InChI is InChI=1S/C25H30N2O3S2/c1-3-13-30-25-9-8-23(15-19(25)2)32(28,29)26-16-24(22-11-14-31-18-22)27-12-10-20-6-4-5-7-21(20)17-27/h4-9,11,14-15,18,24,26H,3,10,12-13,16-17H2,1-2H3. The molecule has 1 atom stereocenters. The first-order valence-electron chi connectivity index (χ1n) is 11.0. The van der Waals surface area contributed by atoms with Crippen LogP contribution in [0.1, 0.15) is 41.6 Å². The minimum Gasteiger partial charge on any atom is -0.493 e. The highest BCUT2D eigenvalue weighted by molar-refractivity contribution is 7.89. The third-order valence-electron chi connectivity index (χ3n) is 5.91. The van der Waals surface area contributed by atoms with E-state index in [0.29, 0.717) is 13.2 Å². The van der Waals surface area contributed by atoms with E-state index in [0.717, 1.165) is 42.8 Å². The van der Waals surface area contributed by atoms with Gasteiger partial charge in [0.2, 0.25) is 10.0 Å². The van der Waals surface area contributed by atoms with Gasteiger partial charge in [-0.1, -0.05) is 31.2 Å². The summed E-state index contributed by atoms with van der Waals surface area (Å²) in [5.74, 6) is 0.730. The fraction of sp³-hybridized carbons (Fsp3) is 0.360. The highest BCUT2D eigenvalue weighted by Gasteiger charge is 2.27. The molecule has 0 bridgehead atoms. The van der Waals surface area contributed by atoms with Crippen LogP contribution in [0.5, 0.6) is 5.75 Å². The molecule has 0 radical (unpaired) electrons. The molecule has 2 aromatic carbocycles. The van der Waals surface area contributed by atoms with Gasteiger partial charge in [0.1, 0.15) is 5.75 Å². The van der Waals surface area contributed by atoms with Crippen LogP contribution in [-0.2, 0) is 23.0 Å². The molecule has 0 aliphatic carbocycles. The molecule has 32 heavy (non-hydrogen) atoms. The highest BCUT2D eigenvalue weighted by Crippen LogP contribution is 2.29. The largest absolute Gasteiger partial charge is 0.493 e. The molecule has 0 spiro atoms. The summed E-state index contributed by atoms with van der Waals surface area (Å²) >= 11 is 1.64. The van der Waals surface area contributed by atoms with Gasteiger partial charge < -0.3 is 4.74 Å². The first-order chi connectivity index (χ1) is 15.5. The van der Waals surface area contributed by atoms with E-state index in [9.17, 15) is 8.42 Å². The zero-order valence-corrected chi connectivity index (χ0v) is 20.2. The lowest BCUT2D eigenvalue weighted by atomic mass is 9.97. The van der Waals surface area contributed by atoms with Gasteiger partial charge in [-0.25, -0.2) is 13.1 Å². The summed E-state index contributed by atoms with van der Waals surface area (Å²) in [5.41, 5.74) is 4.68. The summed E-state index contributed by atoms with van der Waals surface area (Å²) in [6.45, 7) is 6.59. The van der Waals surface area contributed by atoms with Crippen molar-refractivity contribution >= 4 is 21.4 Å². The quantitative estimate of drug-likeness (QED) is 0.482. The van der Waals surface area contributed by atoms with Gasteiger partial charge in [0.25, 0.3) is 0 Å². The van der Waals surface area contributed by atoms with Gasteiger partial charge in [0.15, 0.2) is 0 Å². The van der Waals surface area contributed by atoms with Crippen LogP contribution in [0.15, 0.2) is 64.2 Å². The Bertz CT molecular complexity index is 1140. The van der Waals surface area contributed by atoms with E-state index in [2.05, 4.69) is 45.3 Å². The maximum absolute atomic E-state index is 13.1. The van der Waals surface area contributed by atoms with Gasteiger partial charge >= 0.3 is 0 Å². The van der Waals surface area contributed by atoms with E-state index in [1.807, 2.05) is 19.2 Å². The number of rotatable bonds is 9. The van der Waals surface area contributed by atoms with Crippen LogP contribution < -0.4 is 9.46 Å². The smallest absolute Gasteiger partial charge is 0.240 e. The molecule has 1 aliphatic heterocycles. The van der Waals surface area contributed by atoms with E-state index in [4.69, 9.17) is 4.74 Å². The monoisotopic (exact) mass is 470 g/mol. The number of hydrogen-bond acceptors (Lipinski definition) is 5. The Morgan fingerprint density at radius 1 is 1.16 bits per heavy atom. The summed E-state index contributed by atoms with van der Waals surface area (Å²) < 4.78 is 34.8. The Balaban J connectivity index is 1.51. The molecule has 0 fully saturated rings. The minimum absolute atomic E-state index is 0.0161. The maximum atomic E-state index is 13.1. The number of fused-ring (bicyclic) bond motifs is 1. The van der Waals surface area contributed by atoms with Crippen molar-refractivity contribution in [2.45, 2.75) is 44.2 Å². The number of aryl methyl sites for hydroxylation is 1. The zero-order chi connectivity index (χ0) is 22.6. The molecule has 0 amide bonds. The molecular formula is C25H30N2O3S2. The van der Waals surface area contributed by atoms with Crippen LogP contribution in [0.2, 0.25) is 0 Å². The zero-order valence-electron chi connectivity index (χ0n) is 18.6. The molecule has 7 heteroatoms. The normalized spacial score (nSPS) is 15.3. The Morgan fingerprint density at radius 3 is 2.69 bits per heavy atom. The van der Waals surface area contributed by atoms with Crippen molar-refractivity contribution in [2.24, 2.45) is 0 Å². The molecule has 170 valence electrons. The fourth-order valence-electron chi connectivity index (χ4n) is 4.14. The Labute approximate surface area is 195 Å². The predicted molar refractivity (Wildman–Crippen MR) is 130 cm³/mol. The summed E-state index contributed by atoms with van der Waals surface area (Å²) in [6.07, 6.45) is 1.88. The molecule has 4 rings (SSSR count). The second kappa shape index (κ2) is 10.2. The Hall–Kier alpha value is -2.19. The van der Waals surface area contributed by atoms with Gasteiger partial charge in [-0.15, -0.1) is 0 Å². The van der Waals surface area contributed by atoms with Gasteiger partial charge in [0, 0.05) is 25.7 Å². The molecule has 1 aliphatic rings. The minimum atomic E-state index is -3.63. The van der Waals surface area contributed by atoms with Gasteiger partial charge in [-0.05, 0) is 77.0 Å². The van der Waals surface area contributed by atoms with Crippen molar-refractivity contribution in [3.05, 3.63) is 81.5 Å². The van der Waals surface area contributed by atoms with Crippen molar-refractivity contribution in [1.82, 2.24) is 9.62 Å². The first kappa shape index (κ1) is 23.0. The molecule has 1 aromatic heterocycles. The Kier molecular flexibility index (Phi) is 7.30. The lowest BCUT2D eigenvalue weighted by molar-refractivity contribution is 0.181. The van der Waals surface area contributed by atoms with E-state index in [-0.39, 0.29) is 10.9 Å². The SMILES string of the molecule is CCCOc1ccc(S(=O)(=O)NCC(c2ccsc2)N2CCc3ccccc3C2)cc1C. The maximum Gasteiger partial charge on any atom is 0.240 e. The third kappa shape index (κ3) is 5.23. The molecule has 0 saturated carbocycles. The molecule has 3 aromatic rings. The van der Waals surface area contributed by atoms with Gasteiger partial charge in [-0.3, -0.25) is 4.90 Å². The number of thiophene rings is 1. The molecular weight excluding hydrogens is 440 g/mol. The van der Waals surface area contributed by atoms with Crippen LogP contribution in [0.4, 0.5) is 0 Å². The average molecular weight is 471 g/mol. The third-order valence-corrected chi connectivity index (χ3v) is 8.04. The second-order valence-electron chi connectivity index (χ2n) is 8.19. The van der Waals surface area contributed by atoms with E-state index in [1.165, 1.54) is 11.1 Å². The topological polar surface area (TPSA) is 58.6 Å². The van der Waals surface area contributed by atoms with Crippen molar-refractivity contribution in [1.29, 1.82) is 0 Å². The molecule has 0 saturated heterocycles. The number of benzene rings is 2. The molecule has 2 heterocycles. The van der Waals surface area contributed by atoms with Gasteiger partial charge in [-0.2, -0.15) is 11.3 Å². The second-order valence-corrected chi connectivity index (χ2v) is 10.7. The molecule has 1 unspecified atom stereocenters. The number of ether oxygens (including phenoxy) is 1.